The van der Waals surface area contributed by atoms with Crippen LogP contribution in [0.2, 0.25) is 0 Å². The average Bonchev–Trinajstić information content (AvgIpc) is 3.58. The third kappa shape index (κ3) is 3.91. The van der Waals surface area contributed by atoms with E-state index >= 15 is 0 Å². The minimum Gasteiger partial charge on any atom is -0.463 e. The topological polar surface area (TPSA) is 135 Å². The zero-order chi connectivity index (χ0) is 30.9. The molecule has 2 saturated heterocycles. The molecule has 0 amide bonds. The quantitative estimate of drug-likeness (QED) is 0.281. The molecule has 4 N–H and O–H groups in total. The van der Waals surface area contributed by atoms with Gasteiger partial charge in [-0.1, -0.05) is 34.6 Å². The van der Waals surface area contributed by atoms with E-state index in [2.05, 4.69) is 34.6 Å². The lowest BCUT2D eigenvalue weighted by atomic mass is 9.41. The number of hydrogen-bond acceptors (Lipinski definition) is 9. The second kappa shape index (κ2) is 9.85. The molecule has 16 atom stereocenters. The molecule has 43 heavy (non-hydrogen) atoms. The van der Waals surface area contributed by atoms with Gasteiger partial charge in [-0.15, -0.1) is 0 Å². The Balaban J connectivity index is 1.13. The first-order chi connectivity index (χ1) is 20.1. The normalized spacial score (nSPS) is 58.3. The molecule has 0 bridgehead atoms. The molecular weight excluding hydrogens is 552 g/mol. The van der Waals surface area contributed by atoms with Crippen LogP contribution < -0.4 is 0 Å². The first-order valence-electron chi connectivity index (χ1n) is 16.9. The summed E-state index contributed by atoms with van der Waals surface area (Å²) in [5.74, 6) is 1.25. The molecule has 0 aromatic heterocycles. The van der Waals surface area contributed by atoms with Gasteiger partial charge in [-0.2, -0.15) is 0 Å². The van der Waals surface area contributed by atoms with Crippen molar-refractivity contribution in [1.82, 2.24) is 0 Å². The van der Waals surface area contributed by atoms with Gasteiger partial charge in [-0.25, -0.2) is 0 Å². The summed E-state index contributed by atoms with van der Waals surface area (Å²) in [4.78, 5) is 11.5. The van der Waals surface area contributed by atoms with Crippen molar-refractivity contribution in [3.63, 3.8) is 0 Å². The Labute approximate surface area is 256 Å². The first kappa shape index (κ1) is 30.8. The van der Waals surface area contributed by atoms with Crippen LogP contribution in [0, 0.1) is 50.7 Å². The van der Waals surface area contributed by atoms with Crippen LogP contribution in [0.3, 0.4) is 0 Å². The molecule has 7 fully saturated rings. The van der Waals surface area contributed by atoms with Crippen LogP contribution in [0.5, 0.6) is 0 Å². The van der Waals surface area contributed by atoms with Crippen LogP contribution in [0.25, 0.3) is 0 Å². The number of hydrogen-bond donors (Lipinski definition) is 4. The number of carbonyl (C=O) groups excluding carboxylic acids is 1. The minimum absolute atomic E-state index is 0.0227. The fraction of sp³-hybridized carbons (Fsp3) is 0.971. The second-order valence-corrected chi connectivity index (χ2v) is 16.8. The number of rotatable bonds is 4. The summed E-state index contributed by atoms with van der Waals surface area (Å²) < 4.78 is 24.1. The lowest BCUT2D eigenvalue weighted by Gasteiger charge is -2.64. The van der Waals surface area contributed by atoms with Gasteiger partial charge in [0.05, 0.1) is 31.0 Å². The molecule has 0 radical (unpaired) electrons. The molecule has 7 rings (SSSR count). The van der Waals surface area contributed by atoms with Crippen LogP contribution in [-0.2, 0) is 23.7 Å². The monoisotopic (exact) mass is 606 g/mol. The van der Waals surface area contributed by atoms with Crippen LogP contribution in [0.4, 0.5) is 0 Å². The summed E-state index contributed by atoms with van der Waals surface area (Å²) >= 11 is 0. The van der Waals surface area contributed by atoms with Crippen molar-refractivity contribution in [2.75, 3.05) is 13.2 Å². The van der Waals surface area contributed by atoms with Crippen molar-refractivity contribution in [3.05, 3.63) is 0 Å². The SMILES string of the molecule is CC(=O)OCC1C[C@@H](C)[C@H]2C(O1)[C@H](O)[C@@]1(C)C3CC[C@H]4C(C)(C)[C@@H](OC5OC[C@@H](O)[C@H](O)[C@H]5O)CC[C@@]45C[C@@]35CC[C@]21C. The Morgan fingerprint density at radius 2 is 1.63 bits per heavy atom. The maximum atomic E-state index is 12.3. The summed E-state index contributed by atoms with van der Waals surface area (Å²) in [6.45, 7) is 13.4. The predicted octanol–water partition coefficient (Wildman–Crippen LogP) is 3.19. The highest BCUT2D eigenvalue weighted by Crippen LogP contribution is 2.89. The Kier molecular flexibility index (Phi) is 7.06. The van der Waals surface area contributed by atoms with Gasteiger partial charge >= 0.3 is 5.97 Å². The van der Waals surface area contributed by atoms with Crippen molar-refractivity contribution in [2.45, 2.75) is 142 Å². The molecule has 9 nitrogen and oxygen atoms in total. The third-order valence-electron chi connectivity index (χ3n) is 15.0. The van der Waals surface area contributed by atoms with E-state index < -0.39 is 30.7 Å². The first-order valence-corrected chi connectivity index (χ1v) is 16.9. The van der Waals surface area contributed by atoms with E-state index in [1.165, 1.54) is 19.8 Å². The van der Waals surface area contributed by atoms with Crippen molar-refractivity contribution in [2.24, 2.45) is 50.7 Å². The molecule has 5 aliphatic carbocycles. The lowest BCUT2D eigenvalue weighted by Crippen LogP contribution is -2.61. The molecule has 7 aliphatic rings. The standard InChI is InChI=1S/C34H54O9/c1-17-13-19(14-40-18(2)35)42-27-24(17)31(5)11-12-34-16-33(34)10-9-23(43-29-26(38)25(37)20(36)15-41-29)30(3,4)21(33)7-8-22(34)32(31,6)28(27)39/h17,19-29,36-39H,7-16H2,1-6H3/t17-,19?,20-,21+,22?,23+,24+,25+,26-,27?,28+,29?,31-,32-,33-,34+/m1/s1. The van der Waals surface area contributed by atoms with Gasteiger partial charge in [0.15, 0.2) is 6.29 Å². The fourth-order valence-electron chi connectivity index (χ4n) is 13.0. The predicted molar refractivity (Wildman–Crippen MR) is 155 cm³/mol. The van der Waals surface area contributed by atoms with Gasteiger partial charge in [0, 0.05) is 12.3 Å². The molecule has 0 aromatic rings. The molecular formula is C34H54O9. The maximum absolute atomic E-state index is 12.3. The summed E-state index contributed by atoms with van der Waals surface area (Å²) in [7, 11) is 0. The zero-order valence-corrected chi connectivity index (χ0v) is 26.8. The fourth-order valence-corrected chi connectivity index (χ4v) is 13.0. The Bertz CT molecular complexity index is 1130. The largest absolute Gasteiger partial charge is 0.463 e. The van der Waals surface area contributed by atoms with Gasteiger partial charge < -0.3 is 39.4 Å². The number of aliphatic hydroxyl groups excluding tert-OH is 4. The highest BCUT2D eigenvalue weighted by atomic mass is 16.7. The van der Waals surface area contributed by atoms with Crippen molar-refractivity contribution >= 4 is 5.97 Å². The van der Waals surface area contributed by atoms with E-state index in [1.54, 1.807) is 0 Å². The number of esters is 1. The summed E-state index contributed by atoms with van der Waals surface area (Å²) in [6, 6.07) is 0. The molecule has 0 aromatic carbocycles. The lowest BCUT2D eigenvalue weighted by molar-refractivity contribution is -0.303. The molecule has 244 valence electrons. The zero-order valence-electron chi connectivity index (χ0n) is 26.8. The maximum Gasteiger partial charge on any atom is 0.302 e. The summed E-state index contributed by atoms with van der Waals surface area (Å²) in [5.41, 5.74) is 0.00714. The molecule has 2 heterocycles. The smallest absolute Gasteiger partial charge is 0.302 e. The number of fused-ring (bicyclic) bond motifs is 4. The van der Waals surface area contributed by atoms with E-state index in [0.717, 1.165) is 38.5 Å². The highest BCUT2D eigenvalue weighted by Gasteiger charge is 2.84. The van der Waals surface area contributed by atoms with E-state index in [1.807, 2.05) is 0 Å². The second-order valence-electron chi connectivity index (χ2n) is 16.8. The number of ether oxygens (including phenoxy) is 4. The van der Waals surface area contributed by atoms with Gasteiger partial charge in [0.25, 0.3) is 0 Å². The van der Waals surface area contributed by atoms with Gasteiger partial charge in [0.2, 0.25) is 0 Å². The summed E-state index contributed by atoms with van der Waals surface area (Å²) in [6.07, 6.45) is 2.72. The molecule has 4 unspecified atom stereocenters. The van der Waals surface area contributed by atoms with Crippen LogP contribution >= 0.6 is 0 Å². The minimum atomic E-state index is -1.28. The van der Waals surface area contributed by atoms with Gasteiger partial charge in [0.1, 0.15) is 24.9 Å². The Morgan fingerprint density at radius 1 is 0.930 bits per heavy atom. The van der Waals surface area contributed by atoms with E-state index in [4.69, 9.17) is 18.9 Å². The van der Waals surface area contributed by atoms with Crippen molar-refractivity contribution in [3.8, 4) is 0 Å². The Hall–Kier alpha value is -0.810. The van der Waals surface area contributed by atoms with Crippen LogP contribution in [-0.4, -0.2) is 88.6 Å². The summed E-state index contributed by atoms with van der Waals surface area (Å²) in [5, 5.41) is 43.0. The number of aliphatic hydroxyl groups is 4. The van der Waals surface area contributed by atoms with Crippen LogP contribution in [0.15, 0.2) is 0 Å². The van der Waals surface area contributed by atoms with E-state index in [-0.39, 0.29) is 70.5 Å². The van der Waals surface area contributed by atoms with Crippen LogP contribution in [0.1, 0.15) is 92.9 Å². The van der Waals surface area contributed by atoms with Gasteiger partial charge in [-0.05, 0) is 96.7 Å². The highest BCUT2D eigenvalue weighted by molar-refractivity contribution is 5.65. The molecule has 2 spiro atoms. The molecule has 2 aliphatic heterocycles. The Morgan fingerprint density at radius 3 is 2.35 bits per heavy atom. The number of carbonyl (C=O) groups is 1. The third-order valence-corrected chi connectivity index (χ3v) is 15.0. The average molecular weight is 607 g/mol. The molecule has 5 saturated carbocycles. The van der Waals surface area contributed by atoms with Crippen molar-refractivity contribution < 1.29 is 44.2 Å². The van der Waals surface area contributed by atoms with Crippen molar-refractivity contribution in [1.29, 1.82) is 0 Å². The van der Waals surface area contributed by atoms with Gasteiger partial charge in [-0.3, -0.25) is 4.79 Å². The van der Waals surface area contributed by atoms with E-state index in [9.17, 15) is 25.2 Å². The van der Waals surface area contributed by atoms with E-state index in [0.29, 0.717) is 17.8 Å². The molecule has 9 heteroatoms.